The van der Waals surface area contributed by atoms with E-state index in [2.05, 4.69) is 15.2 Å². The fourth-order valence-corrected chi connectivity index (χ4v) is 4.23. The summed E-state index contributed by atoms with van der Waals surface area (Å²) in [5.41, 5.74) is 1.70. The number of ether oxygens (including phenoxy) is 1. The highest BCUT2D eigenvalue weighted by Crippen LogP contribution is 2.26. The molecule has 2 heterocycles. The number of rotatable bonds is 9. The molecule has 1 amide bonds. The molecule has 1 aliphatic heterocycles. The monoisotopic (exact) mass is 434 g/mol. The first-order valence-corrected chi connectivity index (χ1v) is 11.3. The maximum absolute atomic E-state index is 12.3. The van der Waals surface area contributed by atoms with Gasteiger partial charge < -0.3 is 15.0 Å². The average Bonchev–Trinajstić information content (AvgIpc) is 2.75. The lowest BCUT2D eigenvalue weighted by atomic mass is 10.1. The Morgan fingerprint density at radius 1 is 1.24 bits per heavy atom. The van der Waals surface area contributed by atoms with Crippen LogP contribution in [0.5, 0.6) is 0 Å². The highest BCUT2D eigenvalue weighted by atomic mass is 35.5. The minimum Gasteiger partial charge on any atom is -0.385 e. The Bertz CT molecular complexity index is 815. The SMILES string of the molecule is COCCCNC(=O)c1cccc(CSc2nc(Cl)cc(N3CCCCC3)n2)c1. The number of halogens is 1. The van der Waals surface area contributed by atoms with Gasteiger partial charge in [-0.1, -0.05) is 35.5 Å². The minimum atomic E-state index is -0.0701. The van der Waals surface area contributed by atoms with E-state index in [1.54, 1.807) is 7.11 Å². The van der Waals surface area contributed by atoms with Gasteiger partial charge in [-0.05, 0) is 43.4 Å². The van der Waals surface area contributed by atoms with Crippen LogP contribution < -0.4 is 10.2 Å². The van der Waals surface area contributed by atoms with E-state index in [9.17, 15) is 4.79 Å². The molecule has 1 aliphatic rings. The van der Waals surface area contributed by atoms with Gasteiger partial charge >= 0.3 is 0 Å². The number of nitrogens with one attached hydrogen (secondary N) is 1. The molecule has 1 fully saturated rings. The third-order valence-electron chi connectivity index (χ3n) is 4.71. The van der Waals surface area contributed by atoms with Crippen molar-refractivity contribution in [2.45, 2.75) is 36.6 Å². The molecule has 6 nitrogen and oxygen atoms in total. The van der Waals surface area contributed by atoms with Gasteiger partial charge in [0.15, 0.2) is 5.16 Å². The Morgan fingerprint density at radius 2 is 2.07 bits per heavy atom. The summed E-state index contributed by atoms with van der Waals surface area (Å²) in [6.45, 7) is 3.26. The number of aromatic nitrogens is 2. The van der Waals surface area contributed by atoms with Crippen molar-refractivity contribution in [2.75, 3.05) is 38.3 Å². The molecule has 0 spiro atoms. The van der Waals surface area contributed by atoms with Crippen LogP contribution in [0.15, 0.2) is 35.5 Å². The Balaban J connectivity index is 1.59. The Hall–Kier alpha value is -1.83. The molecule has 8 heteroatoms. The zero-order valence-electron chi connectivity index (χ0n) is 16.7. The van der Waals surface area contributed by atoms with Crippen molar-refractivity contribution in [3.05, 3.63) is 46.6 Å². The van der Waals surface area contributed by atoms with Gasteiger partial charge in [0.1, 0.15) is 11.0 Å². The van der Waals surface area contributed by atoms with Crippen LogP contribution in [0.4, 0.5) is 5.82 Å². The van der Waals surface area contributed by atoms with Crippen molar-refractivity contribution in [3.8, 4) is 0 Å². The largest absolute Gasteiger partial charge is 0.385 e. The average molecular weight is 435 g/mol. The molecule has 0 unspecified atom stereocenters. The molecule has 3 rings (SSSR count). The normalized spacial score (nSPS) is 14.1. The second-order valence-electron chi connectivity index (χ2n) is 6.97. The van der Waals surface area contributed by atoms with E-state index in [1.807, 2.05) is 30.3 Å². The molecule has 0 bridgehead atoms. The van der Waals surface area contributed by atoms with Gasteiger partial charge in [-0.15, -0.1) is 0 Å². The molecule has 2 aromatic rings. The Morgan fingerprint density at radius 3 is 2.86 bits per heavy atom. The molecule has 1 N–H and O–H groups in total. The van der Waals surface area contributed by atoms with Crippen LogP contribution >= 0.6 is 23.4 Å². The summed E-state index contributed by atoms with van der Waals surface area (Å²) in [7, 11) is 1.65. The van der Waals surface area contributed by atoms with Crippen LogP contribution in [-0.4, -0.2) is 49.2 Å². The lowest BCUT2D eigenvalue weighted by molar-refractivity contribution is 0.0948. The first-order chi connectivity index (χ1) is 14.2. The van der Waals surface area contributed by atoms with E-state index in [1.165, 1.54) is 31.0 Å². The van der Waals surface area contributed by atoms with Gasteiger partial charge in [-0.25, -0.2) is 9.97 Å². The first kappa shape index (κ1) is 21.9. The third-order valence-corrected chi connectivity index (χ3v) is 5.82. The maximum Gasteiger partial charge on any atom is 0.251 e. The number of nitrogens with zero attached hydrogens (tertiary/aromatic N) is 3. The lowest BCUT2D eigenvalue weighted by Crippen LogP contribution is -2.30. The van der Waals surface area contributed by atoms with Crippen molar-refractivity contribution in [3.63, 3.8) is 0 Å². The van der Waals surface area contributed by atoms with Crippen molar-refractivity contribution < 1.29 is 9.53 Å². The van der Waals surface area contributed by atoms with Crippen LogP contribution in [0.3, 0.4) is 0 Å². The van der Waals surface area contributed by atoms with Crippen molar-refractivity contribution in [1.29, 1.82) is 0 Å². The standard InChI is InChI=1S/C21H27ClN4O2S/c1-28-12-6-9-23-20(27)17-8-5-7-16(13-17)15-29-21-24-18(22)14-19(25-21)26-10-3-2-4-11-26/h5,7-8,13-14H,2-4,6,9-12,15H2,1H3,(H,23,27). The van der Waals surface area contributed by atoms with Crippen molar-refractivity contribution >= 4 is 35.1 Å². The van der Waals surface area contributed by atoms with E-state index in [0.717, 1.165) is 30.9 Å². The molecule has 0 aliphatic carbocycles. The van der Waals surface area contributed by atoms with Crippen LogP contribution in [-0.2, 0) is 10.5 Å². The highest BCUT2D eigenvalue weighted by molar-refractivity contribution is 7.98. The van der Waals surface area contributed by atoms with Crippen LogP contribution in [0.1, 0.15) is 41.6 Å². The zero-order chi connectivity index (χ0) is 20.5. The Kier molecular flexibility index (Phi) is 8.58. The van der Waals surface area contributed by atoms with Gasteiger partial charge in [0, 0.05) is 50.7 Å². The van der Waals surface area contributed by atoms with Gasteiger partial charge in [-0.3, -0.25) is 4.79 Å². The maximum atomic E-state index is 12.3. The fraction of sp³-hybridized carbons (Fsp3) is 0.476. The number of thioether (sulfide) groups is 1. The Labute approximate surface area is 181 Å². The van der Waals surface area contributed by atoms with Crippen LogP contribution in [0, 0.1) is 0 Å². The number of carbonyl (C=O) groups excluding carboxylic acids is 1. The third kappa shape index (κ3) is 6.87. The molecule has 0 saturated carbocycles. The molecule has 1 saturated heterocycles. The summed E-state index contributed by atoms with van der Waals surface area (Å²) in [6.07, 6.45) is 4.44. The second kappa shape index (κ2) is 11.4. The van der Waals surface area contributed by atoms with E-state index < -0.39 is 0 Å². The van der Waals surface area contributed by atoms with Gasteiger partial charge in [0.2, 0.25) is 0 Å². The topological polar surface area (TPSA) is 67.3 Å². The van der Waals surface area contributed by atoms with Gasteiger partial charge in [-0.2, -0.15) is 0 Å². The first-order valence-electron chi connectivity index (χ1n) is 9.94. The quantitative estimate of drug-likeness (QED) is 0.276. The number of hydrogen-bond acceptors (Lipinski definition) is 6. The molecular formula is C21H27ClN4O2S. The molecule has 1 aromatic heterocycles. The predicted molar refractivity (Wildman–Crippen MR) is 118 cm³/mol. The fourth-order valence-electron chi connectivity index (χ4n) is 3.21. The smallest absolute Gasteiger partial charge is 0.251 e. The molecule has 29 heavy (non-hydrogen) atoms. The number of benzene rings is 1. The molecule has 0 radical (unpaired) electrons. The van der Waals surface area contributed by atoms with E-state index in [0.29, 0.717) is 34.8 Å². The minimum absolute atomic E-state index is 0.0701. The summed E-state index contributed by atoms with van der Waals surface area (Å²) in [4.78, 5) is 23.6. The van der Waals surface area contributed by atoms with E-state index >= 15 is 0 Å². The lowest BCUT2D eigenvalue weighted by Gasteiger charge is -2.27. The summed E-state index contributed by atoms with van der Waals surface area (Å²) in [5.74, 6) is 1.50. The number of methoxy groups -OCH3 is 1. The summed E-state index contributed by atoms with van der Waals surface area (Å²) < 4.78 is 5.00. The summed E-state index contributed by atoms with van der Waals surface area (Å²) in [5, 5.41) is 4.04. The number of anilines is 1. The highest BCUT2D eigenvalue weighted by Gasteiger charge is 2.15. The van der Waals surface area contributed by atoms with Gasteiger partial charge in [0.25, 0.3) is 5.91 Å². The molecule has 1 aromatic carbocycles. The number of amides is 1. The second-order valence-corrected chi connectivity index (χ2v) is 8.30. The number of carbonyl (C=O) groups is 1. The van der Waals surface area contributed by atoms with Crippen molar-refractivity contribution in [1.82, 2.24) is 15.3 Å². The molecular weight excluding hydrogens is 408 g/mol. The predicted octanol–water partition coefficient (Wildman–Crippen LogP) is 4.18. The van der Waals surface area contributed by atoms with Gasteiger partial charge in [0.05, 0.1) is 0 Å². The molecule has 156 valence electrons. The van der Waals surface area contributed by atoms with Crippen LogP contribution in [0.2, 0.25) is 5.15 Å². The number of piperidine rings is 1. The van der Waals surface area contributed by atoms with E-state index in [4.69, 9.17) is 21.3 Å². The summed E-state index contributed by atoms with van der Waals surface area (Å²) in [6, 6.07) is 9.48. The number of hydrogen-bond donors (Lipinski definition) is 1. The van der Waals surface area contributed by atoms with Crippen molar-refractivity contribution in [2.24, 2.45) is 0 Å². The van der Waals surface area contributed by atoms with Crippen LogP contribution in [0.25, 0.3) is 0 Å². The zero-order valence-corrected chi connectivity index (χ0v) is 18.3. The van der Waals surface area contributed by atoms with E-state index in [-0.39, 0.29) is 5.91 Å². The summed E-state index contributed by atoms with van der Waals surface area (Å²) >= 11 is 7.76. The molecule has 0 atom stereocenters.